The van der Waals surface area contributed by atoms with Crippen molar-refractivity contribution >= 4 is 0 Å². The monoisotopic (exact) mass is 197 g/mol. The van der Waals surface area contributed by atoms with E-state index in [1.54, 1.807) is 0 Å². The summed E-state index contributed by atoms with van der Waals surface area (Å²) in [7, 11) is 2.17. The van der Waals surface area contributed by atoms with E-state index in [1.807, 2.05) is 13.8 Å². The Morgan fingerprint density at radius 1 is 1.21 bits per heavy atom. The molecule has 82 valence electrons. The molecule has 0 aromatic rings. The number of nitrogens with zero attached hydrogens (tertiary/aromatic N) is 1. The first-order valence-corrected chi connectivity index (χ1v) is 5.93. The molecule has 0 aromatic heterocycles. The molecule has 3 atom stereocenters. The van der Waals surface area contributed by atoms with Crippen LogP contribution < -0.4 is 0 Å². The predicted octanol–water partition coefficient (Wildman–Crippen LogP) is 1.88. The Hall–Kier alpha value is -0.0800. The summed E-state index contributed by atoms with van der Waals surface area (Å²) in [4.78, 5) is 2.38. The van der Waals surface area contributed by atoms with Crippen molar-refractivity contribution in [2.75, 3.05) is 13.6 Å². The lowest BCUT2D eigenvalue weighted by molar-refractivity contribution is -0.0159. The smallest absolute Gasteiger partial charge is 0.0748 e. The maximum atomic E-state index is 10.2. The molecule has 1 aliphatic heterocycles. The number of hydrogen-bond acceptors (Lipinski definition) is 2. The molecule has 0 bridgehead atoms. The van der Waals surface area contributed by atoms with Crippen molar-refractivity contribution in [1.29, 1.82) is 0 Å². The third-order valence-corrected chi connectivity index (χ3v) is 4.09. The van der Waals surface area contributed by atoms with Gasteiger partial charge in [0.25, 0.3) is 0 Å². The lowest BCUT2D eigenvalue weighted by Gasteiger charge is -2.37. The molecule has 2 nitrogen and oxygen atoms in total. The van der Waals surface area contributed by atoms with Gasteiger partial charge in [-0.25, -0.2) is 0 Å². The van der Waals surface area contributed by atoms with Gasteiger partial charge in [-0.15, -0.1) is 0 Å². The third-order valence-electron chi connectivity index (χ3n) is 4.09. The lowest BCUT2D eigenvalue weighted by Crippen LogP contribution is -2.47. The topological polar surface area (TPSA) is 23.5 Å². The standard InChI is InChI=1S/C12H23NO/c1-12(2,14)11-10-7-5-4-6-9(10)8-13(11)3/h9-11,14H,4-8H2,1-3H3. The van der Waals surface area contributed by atoms with E-state index in [1.165, 1.54) is 32.2 Å². The van der Waals surface area contributed by atoms with E-state index in [9.17, 15) is 5.11 Å². The Labute approximate surface area is 87.3 Å². The summed E-state index contributed by atoms with van der Waals surface area (Å²) in [6.45, 7) is 5.12. The van der Waals surface area contributed by atoms with Crippen LogP contribution in [0.2, 0.25) is 0 Å². The summed E-state index contributed by atoms with van der Waals surface area (Å²) in [6, 6.07) is 0.382. The van der Waals surface area contributed by atoms with Crippen LogP contribution in [-0.4, -0.2) is 35.2 Å². The minimum atomic E-state index is -0.536. The Kier molecular flexibility index (Phi) is 2.61. The van der Waals surface area contributed by atoms with Crippen LogP contribution in [0.15, 0.2) is 0 Å². The summed E-state index contributed by atoms with van der Waals surface area (Å²) in [5.74, 6) is 1.60. The first-order chi connectivity index (χ1) is 6.50. The Morgan fingerprint density at radius 3 is 2.50 bits per heavy atom. The van der Waals surface area contributed by atoms with E-state index < -0.39 is 5.60 Å². The largest absolute Gasteiger partial charge is 0.389 e. The Bertz CT molecular complexity index is 209. The summed E-state index contributed by atoms with van der Waals surface area (Å²) < 4.78 is 0. The maximum absolute atomic E-state index is 10.2. The predicted molar refractivity (Wildman–Crippen MR) is 58.2 cm³/mol. The number of likely N-dealkylation sites (tertiary alicyclic amines) is 1. The fourth-order valence-electron chi connectivity index (χ4n) is 3.75. The number of hydrogen-bond donors (Lipinski definition) is 1. The number of aliphatic hydroxyl groups is 1. The van der Waals surface area contributed by atoms with Crippen molar-refractivity contribution in [3.8, 4) is 0 Å². The average molecular weight is 197 g/mol. The molecule has 0 radical (unpaired) electrons. The van der Waals surface area contributed by atoms with Gasteiger partial charge in [0.05, 0.1) is 5.60 Å². The molecule has 2 aliphatic rings. The van der Waals surface area contributed by atoms with Crippen LogP contribution in [0.4, 0.5) is 0 Å². The fraction of sp³-hybridized carbons (Fsp3) is 1.00. The highest BCUT2D eigenvalue weighted by Crippen LogP contribution is 2.43. The molecular formula is C12H23NO. The summed E-state index contributed by atoms with van der Waals surface area (Å²) in [6.07, 6.45) is 5.46. The van der Waals surface area contributed by atoms with Gasteiger partial charge in [0, 0.05) is 12.6 Å². The van der Waals surface area contributed by atoms with Gasteiger partial charge in [-0.1, -0.05) is 12.8 Å². The minimum absolute atomic E-state index is 0.382. The normalized spacial score (nSPS) is 39.9. The molecule has 2 heteroatoms. The van der Waals surface area contributed by atoms with Crippen molar-refractivity contribution in [2.45, 2.75) is 51.2 Å². The molecule has 1 saturated carbocycles. The second-order valence-electron chi connectivity index (χ2n) is 5.75. The Morgan fingerprint density at radius 2 is 1.86 bits per heavy atom. The van der Waals surface area contributed by atoms with Gasteiger partial charge in [-0.3, -0.25) is 0 Å². The van der Waals surface area contributed by atoms with Crippen molar-refractivity contribution < 1.29 is 5.11 Å². The lowest BCUT2D eigenvalue weighted by atomic mass is 9.74. The zero-order valence-corrected chi connectivity index (χ0v) is 9.66. The van der Waals surface area contributed by atoms with Crippen LogP contribution >= 0.6 is 0 Å². The zero-order valence-electron chi connectivity index (χ0n) is 9.66. The van der Waals surface area contributed by atoms with Crippen molar-refractivity contribution in [1.82, 2.24) is 4.90 Å². The van der Waals surface area contributed by atoms with E-state index in [4.69, 9.17) is 0 Å². The first kappa shape index (κ1) is 10.4. The van der Waals surface area contributed by atoms with Crippen LogP contribution in [0.1, 0.15) is 39.5 Å². The highest BCUT2D eigenvalue weighted by Gasteiger charge is 2.46. The number of likely N-dealkylation sites (N-methyl/N-ethyl adjacent to an activating group) is 1. The summed E-state index contributed by atoms with van der Waals surface area (Å²) in [5, 5.41) is 10.2. The molecule has 1 saturated heterocycles. The van der Waals surface area contributed by atoms with E-state index >= 15 is 0 Å². The third kappa shape index (κ3) is 1.70. The molecule has 2 fully saturated rings. The van der Waals surface area contributed by atoms with E-state index in [0.29, 0.717) is 6.04 Å². The number of rotatable bonds is 1. The van der Waals surface area contributed by atoms with Crippen LogP contribution in [-0.2, 0) is 0 Å². The zero-order chi connectivity index (χ0) is 10.3. The molecule has 2 rings (SSSR count). The quantitative estimate of drug-likeness (QED) is 0.694. The summed E-state index contributed by atoms with van der Waals surface area (Å²) >= 11 is 0. The molecular weight excluding hydrogens is 174 g/mol. The van der Waals surface area contributed by atoms with Gasteiger partial charge in [0.15, 0.2) is 0 Å². The maximum Gasteiger partial charge on any atom is 0.0748 e. The molecule has 0 amide bonds. The highest BCUT2D eigenvalue weighted by molar-refractivity contribution is 5.00. The SMILES string of the molecule is CN1CC2CCCCC2C1C(C)(C)O. The molecule has 3 unspecified atom stereocenters. The van der Waals surface area contributed by atoms with Crippen LogP contribution in [0.3, 0.4) is 0 Å². The van der Waals surface area contributed by atoms with E-state index in [2.05, 4.69) is 11.9 Å². The van der Waals surface area contributed by atoms with Gasteiger partial charge in [-0.2, -0.15) is 0 Å². The molecule has 1 heterocycles. The molecule has 0 aromatic carbocycles. The molecule has 1 N–H and O–H groups in total. The minimum Gasteiger partial charge on any atom is -0.389 e. The van der Waals surface area contributed by atoms with Gasteiger partial charge < -0.3 is 10.0 Å². The van der Waals surface area contributed by atoms with Gasteiger partial charge >= 0.3 is 0 Å². The molecule has 0 spiro atoms. The molecule has 1 aliphatic carbocycles. The fourth-order valence-corrected chi connectivity index (χ4v) is 3.75. The number of fused-ring (bicyclic) bond motifs is 1. The van der Waals surface area contributed by atoms with Gasteiger partial charge in [0.1, 0.15) is 0 Å². The van der Waals surface area contributed by atoms with Crippen molar-refractivity contribution in [3.05, 3.63) is 0 Å². The summed E-state index contributed by atoms with van der Waals surface area (Å²) in [5.41, 5.74) is -0.536. The van der Waals surface area contributed by atoms with E-state index in [0.717, 1.165) is 11.8 Å². The van der Waals surface area contributed by atoms with Crippen LogP contribution in [0.5, 0.6) is 0 Å². The van der Waals surface area contributed by atoms with Crippen LogP contribution in [0, 0.1) is 11.8 Å². The molecule has 14 heavy (non-hydrogen) atoms. The second-order valence-corrected chi connectivity index (χ2v) is 5.75. The van der Waals surface area contributed by atoms with Crippen molar-refractivity contribution in [2.24, 2.45) is 11.8 Å². The second kappa shape index (κ2) is 3.49. The van der Waals surface area contributed by atoms with Gasteiger partial charge in [0.2, 0.25) is 0 Å². The van der Waals surface area contributed by atoms with E-state index in [-0.39, 0.29) is 0 Å². The highest BCUT2D eigenvalue weighted by atomic mass is 16.3. The first-order valence-electron chi connectivity index (χ1n) is 5.93. The van der Waals surface area contributed by atoms with Crippen LogP contribution in [0.25, 0.3) is 0 Å². The van der Waals surface area contributed by atoms with Gasteiger partial charge in [-0.05, 0) is 45.6 Å². The average Bonchev–Trinajstić information content (AvgIpc) is 2.38. The Balaban J connectivity index is 2.15. The van der Waals surface area contributed by atoms with Crippen molar-refractivity contribution in [3.63, 3.8) is 0 Å².